The van der Waals surface area contributed by atoms with Gasteiger partial charge in [0, 0.05) is 20.6 Å². The molecule has 0 N–H and O–H groups in total. The summed E-state index contributed by atoms with van der Waals surface area (Å²) in [5, 5.41) is 9.15. The average molecular weight is 242 g/mol. The van der Waals surface area contributed by atoms with Crippen LogP contribution in [0.15, 0.2) is 4.99 Å². The number of carbonyl (C=O) groups is 1. The summed E-state index contributed by atoms with van der Waals surface area (Å²) in [5.74, 6) is 0.00754. The van der Waals surface area contributed by atoms with Gasteiger partial charge in [-0.25, -0.2) is 0 Å². The largest absolute Gasteiger partial charge is 0.347 e. The van der Waals surface area contributed by atoms with Crippen LogP contribution in [0.2, 0.25) is 0 Å². The summed E-state index contributed by atoms with van der Waals surface area (Å²) in [6, 6.07) is 0. The lowest BCUT2D eigenvalue weighted by Gasteiger charge is -2.24. The lowest BCUT2D eigenvalue weighted by Crippen LogP contribution is -2.39. The van der Waals surface area contributed by atoms with Gasteiger partial charge in [-0.3, -0.25) is 4.79 Å². The minimum absolute atomic E-state index is 0.00754. The van der Waals surface area contributed by atoms with Crippen LogP contribution in [0.1, 0.15) is 13.3 Å². The molecule has 0 rings (SSSR count). The van der Waals surface area contributed by atoms with Crippen LogP contribution >= 0.6 is 11.8 Å². The van der Waals surface area contributed by atoms with Crippen LogP contribution in [0.3, 0.4) is 0 Å². The highest BCUT2D eigenvalue weighted by Crippen LogP contribution is 2.06. The monoisotopic (exact) mass is 242 g/mol. The van der Waals surface area contributed by atoms with E-state index < -0.39 is 0 Å². The summed E-state index contributed by atoms with van der Waals surface area (Å²) in [7, 11) is 3.43. The Morgan fingerprint density at radius 1 is 1.50 bits per heavy atom. The van der Waals surface area contributed by atoms with E-state index in [1.54, 1.807) is 20.3 Å². The van der Waals surface area contributed by atoms with Crippen molar-refractivity contribution in [3.63, 3.8) is 0 Å². The van der Waals surface area contributed by atoms with E-state index in [-0.39, 0.29) is 12.5 Å². The van der Waals surface area contributed by atoms with Gasteiger partial charge in [0.05, 0.1) is 6.54 Å². The summed E-state index contributed by atoms with van der Waals surface area (Å²) < 4.78 is 0. The fraction of sp³-hybridized carbons (Fsp3) is 0.700. The minimum Gasteiger partial charge on any atom is -0.347 e. The Bertz CT molecular complexity index is 296. The number of nitrogens with zero attached hydrogens (tertiary/aromatic N) is 4. The van der Waals surface area contributed by atoms with Gasteiger partial charge in [-0.15, -0.1) is 4.99 Å². The van der Waals surface area contributed by atoms with Crippen molar-refractivity contribution < 1.29 is 4.79 Å². The molecule has 0 fully saturated rings. The zero-order valence-corrected chi connectivity index (χ0v) is 11.0. The topological polar surface area (TPSA) is 59.7 Å². The molecule has 0 aromatic heterocycles. The van der Waals surface area contributed by atoms with Gasteiger partial charge in [-0.1, -0.05) is 18.7 Å². The van der Waals surface area contributed by atoms with E-state index >= 15 is 0 Å². The predicted octanol–water partition coefficient (Wildman–Crippen LogP) is 0.987. The van der Waals surface area contributed by atoms with Gasteiger partial charge in [0.1, 0.15) is 0 Å². The Kier molecular flexibility index (Phi) is 7.38. The maximum Gasteiger partial charge on any atom is 0.241 e. The second kappa shape index (κ2) is 7.99. The molecule has 0 saturated heterocycles. The summed E-state index contributed by atoms with van der Waals surface area (Å²) in [6.07, 6.45) is 4.52. The van der Waals surface area contributed by atoms with Gasteiger partial charge in [0.25, 0.3) is 0 Å². The molecule has 0 aliphatic rings. The normalized spacial score (nSPS) is 10.8. The zero-order chi connectivity index (χ0) is 12.6. The summed E-state index contributed by atoms with van der Waals surface area (Å²) in [4.78, 5) is 18.7. The van der Waals surface area contributed by atoms with Gasteiger partial charge in [-0.2, -0.15) is 5.26 Å². The maximum atomic E-state index is 11.6. The van der Waals surface area contributed by atoms with Crippen molar-refractivity contribution in [3.8, 4) is 6.19 Å². The van der Waals surface area contributed by atoms with Crippen molar-refractivity contribution >= 4 is 22.8 Å². The van der Waals surface area contributed by atoms with Crippen molar-refractivity contribution in [3.05, 3.63) is 0 Å². The standard InChI is InChI=1S/C10H18N4OS/c1-5-6-14(7-9(15)13(2)3)10(16-4)12-8-11/h5-7H2,1-4H3. The van der Waals surface area contributed by atoms with Crippen molar-refractivity contribution in [2.45, 2.75) is 13.3 Å². The van der Waals surface area contributed by atoms with E-state index in [0.29, 0.717) is 5.17 Å². The molecule has 0 spiro atoms. The molecule has 0 aromatic carbocycles. The highest BCUT2D eigenvalue weighted by Gasteiger charge is 2.15. The lowest BCUT2D eigenvalue weighted by atomic mass is 10.4. The Morgan fingerprint density at radius 2 is 2.12 bits per heavy atom. The van der Waals surface area contributed by atoms with Gasteiger partial charge in [0.15, 0.2) is 5.17 Å². The Labute approximate surface area is 101 Å². The number of thioether (sulfide) groups is 1. The second-order valence-corrected chi connectivity index (χ2v) is 4.18. The molecule has 0 aliphatic carbocycles. The van der Waals surface area contributed by atoms with Crippen LogP contribution in [-0.2, 0) is 4.79 Å². The van der Waals surface area contributed by atoms with E-state index in [9.17, 15) is 4.79 Å². The highest BCUT2D eigenvalue weighted by atomic mass is 32.2. The maximum absolute atomic E-state index is 11.6. The van der Waals surface area contributed by atoms with E-state index in [2.05, 4.69) is 4.99 Å². The molecule has 5 nitrogen and oxygen atoms in total. The third-order valence-electron chi connectivity index (χ3n) is 1.92. The first kappa shape index (κ1) is 14.8. The van der Waals surface area contributed by atoms with Crippen LogP contribution in [0.5, 0.6) is 0 Å². The third-order valence-corrected chi connectivity index (χ3v) is 2.63. The molecule has 0 bridgehead atoms. The molecule has 0 aromatic rings. The second-order valence-electron chi connectivity index (χ2n) is 3.41. The number of hydrogen-bond acceptors (Lipinski definition) is 4. The average Bonchev–Trinajstić information content (AvgIpc) is 2.25. The van der Waals surface area contributed by atoms with E-state index in [0.717, 1.165) is 13.0 Å². The Hall–Kier alpha value is -1.22. The molecule has 1 amide bonds. The van der Waals surface area contributed by atoms with Crippen molar-refractivity contribution in [2.24, 2.45) is 4.99 Å². The number of nitriles is 1. The van der Waals surface area contributed by atoms with Crippen LogP contribution < -0.4 is 0 Å². The predicted molar refractivity (Wildman–Crippen MR) is 67.1 cm³/mol. The first-order valence-electron chi connectivity index (χ1n) is 5.02. The smallest absolute Gasteiger partial charge is 0.241 e. The summed E-state index contributed by atoms with van der Waals surface area (Å²) >= 11 is 1.38. The number of amidine groups is 1. The minimum atomic E-state index is 0.00754. The third kappa shape index (κ3) is 5.03. The molecule has 0 heterocycles. The van der Waals surface area contributed by atoms with Crippen molar-refractivity contribution in [2.75, 3.05) is 33.4 Å². The first-order valence-corrected chi connectivity index (χ1v) is 6.25. The first-order chi connectivity index (χ1) is 7.56. The van der Waals surface area contributed by atoms with Crippen molar-refractivity contribution in [1.82, 2.24) is 9.80 Å². The molecule has 6 heteroatoms. The summed E-state index contributed by atoms with van der Waals surface area (Å²) in [5.41, 5.74) is 0. The van der Waals surface area contributed by atoms with Crippen molar-refractivity contribution in [1.29, 1.82) is 5.26 Å². The number of amides is 1. The molecular formula is C10H18N4OS. The Balaban J connectivity index is 4.66. The molecule has 0 aliphatic heterocycles. The Morgan fingerprint density at radius 3 is 2.50 bits per heavy atom. The SMILES string of the molecule is CCCN(CC(=O)N(C)C)C(=NC#N)SC. The molecule has 0 saturated carbocycles. The number of aliphatic imine (C=N–C) groups is 1. The number of hydrogen-bond donors (Lipinski definition) is 0. The molecule has 0 atom stereocenters. The molecular weight excluding hydrogens is 224 g/mol. The van der Waals surface area contributed by atoms with Crippen LogP contribution in [0.4, 0.5) is 0 Å². The highest BCUT2D eigenvalue weighted by molar-refractivity contribution is 8.13. The molecule has 16 heavy (non-hydrogen) atoms. The van der Waals surface area contributed by atoms with Crippen LogP contribution in [0, 0.1) is 11.5 Å². The van der Waals surface area contributed by atoms with Gasteiger partial charge < -0.3 is 9.80 Å². The van der Waals surface area contributed by atoms with E-state index in [1.807, 2.05) is 18.1 Å². The number of rotatable bonds is 4. The number of carbonyl (C=O) groups excluding carboxylic acids is 1. The van der Waals surface area contributed by atoms with Gasteiger partial charge in [-0.05, 0) is 12.7 Å². The van der Waals surface area contributed by atoms with Gasteiger partial charge in [0.2, 0.25) is 12.1 Å². The fourth-order valence-electron chi connectivity index (χ4n) is 1.11. The number of likely N-dealkylation sites (N-methyl/N-ethyl adjacent to an activating group) is 1. The van der Waals surface area contributed by atoms with Crippen LogP contribution in [-0.4, -0.2) is 54.3 Å². The summed E-state index contributed by atoms with van der Waals surface area (Å²) in [6.45, 7) is 3.01. The molecule has 0 unspecified atom stereocenters. The van der Waals surface area contributed by atoms with E-state index in [1.165, 1.54) is 16.7 Å². The fourth-order valence-corrected chi connectivity index (χ4v) is 1.65. The molecule has 0 radical (unpaired) electrons. The van der Waals surface area contributed by atoms with E-state index in [4.69, 9.17) is 5.26 Å². The van der Waals surface area contributed by atoms with Crippen LogP contribution in [0.25, 0.3) is 0 Å². The van der Waals surface area contributed by atoms with Gasteiger partial charge >= 0.3 is 0 Å². The lowest BCUT2D eigenvalue weighted by molar-refractivity contribution is -0.129. The zero-order valence-electron chi connectivity index (χ0n) is 10.2. The quantitative estimate of drug-likeness (QED) is 0.419. The molecule has 90 valence electrons.